The van der Waals surface area contributed by atoms with E-state index in [4.69, 9.17) is 52.1 Å². The van der Waals surface area contributed by atoms with Gasteiger partial charge in [0.2, 0.25) is 0 Å². The summed E-state index contributed by atoms with van der Waals surface area (Å²) in [5.41, 5.74) is 0. The second-order valence-electron chi connectivity index (χ2n) is 49.1. The Morgan fingerprint density at radius 2 is 0.295 bits per heavy atom. The van der Waals surface area contributed by atoms with Gasteiger partial charge in [-0.25, -0.2) is 0 Å². The van der Waals surface area contributed by atoms with Gasteiger partial charge < -0.3 is 52.1 Å². The van der Waals surface area contributed by atoms with E-state index in [1.54, 1.807) is 0 Å². The normalized spacial score (nSPS) is 19.5. The van der Waals surface area contributed by atoms with Crippen molar-refractivity contribution in [1.82, 2.24) is 0 Å². The van der Waals surface area contributed by atoms with Crippen molar-refractivity contribution in [3.05, 3.63) is 0 Å². The standard InChI is InChI=1S/C27H48O5.C27H50O4.C27H52O3.C27H54O2.C25H50O2/c1-4-21-23(30-21)18-25-26(32-25)19-24-22(31-24)15-11-6-5-7-12-16-27(28)29-17-13-9-8-10-14-20(2)3;1-4-5-11-17-23-25(30-23)21-26-24(31-26)18-13-7-6-8-14-19-27(28)29-20-15-10-9-12-16-22(2)3;1-4-5-6-7-9-15-20-25-26(30-25)21-16-10-8-11-17-22-27(28)29-23-18-13-12-14-19-24(2)3;1-4-5-6-7-8-9-10-11-12-13-14-15-16-17-21-24-27(28)29-25-22-19-18-20-23-26(2)3;1-4-5-6-7-8-9-10-11-12-13-14-15-19-22-25(26)27-23-20-17-16-18-21-24(2)3/h20-26H,4-19H2,1-3H3;22-26H,4-21H2,1-3H3;24-26H,4-23H2,1-3H3;26H,4-25H2,1-3H3;24H,4-23H2,1-3H3. The third-order valence-corrected chi connectivity index (χ3v) is 31.6. The van der Waals surface area contributed by atoms with Gasteiger partial charge in [0.1, 0.15) is 0 Å². The minimum atomic E-state index is -0.0135. The van der Waals surface area contributed by atoms with E-state index in [1.807, 2.05) is 0 Å². The Kier molecular flexibility index (Phi) is 99.4. The molecule has 16 nitrogen and oxygen atoms in total. The van der Waals surface area contributed by atoms with Crippen molar-refractivity contribution in [2.24, 2.45) is 29.6 Å². The van der Waals surface area contributed by atoms with E-state index in [1.165, 1.54) is 443 Å². The highest BCUT2D eigenvalue weighted by Gasteiger charge is 2.52. The Bertz CT molecular complexity index is 2880. The molecule has 0 N–H and O–H groups in total. The van der Waals surface area contributed by atoms with Gasteiger partial charge in [0.05, 0.1) is 106 Å². The maximum atomic E-state index is 11.8. The quantitative estimate of drug-likeness (QED) is 0.0240. The van der Waals surface area contributed by atoms with Crippen molar-refractivity contribution < 1.29 is 76.1 Å². The first-order valence-electron chi connectivity index (χ1n) is 66.3. The zero-order valence-corrected chi connectivity index (χ0v) is 102. The molecule has 0 aromatic heterocycles. The number of carbonyl (C=O) groups is 5. The molecule has 6 aliphatic rings. The van der Waals surface area contributed by atoms with Gasteiger partial charge in [0.25, 0.3) is 0 Å². The topological polar surface area (TPSA) is 207 Å². The maximum absolute atomic E-state index is 11.8. The van der Waals surface area contributed by atoms with Gasteiger partial charge in [-0.05, 0) is 132 Å². The van der Waals surface area contributed by atoms with Crippen LogP contribution in [0.4, 0.5) is 0 Å². The molecule has 0 radical (unpaired) electrons. The predicted molar refractivity (Wildman–Crippen MR) is 629 cm³/mol. The van der Waals surface area contributed by atoms with E-state index >= 15 is 0 Å². The molecular weight excluding hydrogens is 1850 g/mol. The first-order chi connectivity index (χ1) is 72.6. The largest absolute Gasteiger partial charge is 0.466 e. The van der Waals surface area contributed by atoms with Gasteiger partial charge in [-0.1, -0.05) is 534 Å². The van der Waals surface area contributed by atoms with Crippen molar-refractivity contribution >= 4 is 29.8 Å². The van der Waals surface area contributed by atoms with Gasteiger partial charge in [0, 0.05) is 51.4 Å². The summed E-state index contributed by atoms with van der Waals surface area (Å²) in [6, 6.07) is 0. The second kappa shape index (κ2) is 104. The monoisotopic (exact) mass is 2110 g/mol. The predicted octanol–water partition coefficient (Wildman–Crippen LogP) is 40.1. The van der Waals surface area contributed by atoms with Crippen molar-refractivity contribution in [2.75, 3.05) is 33.0 Å². The molecule has 6 saturated heterocycles. The number of epoxide rings is 6. The third-order valence-electron chi connectivity index (χ3n) is 31.6. The molecule has 6 rings (SSSR count). The molecule has 0 aliphatic carbocycles. The first kappa shape index (κ1) is 142. The number of rotatable bonds is 107. The number of hydrogen-bond donors (Lipinski definition) is 0. The Labute approximate surface area is 924 Å². The van der Waals surface area contributed by atoms with Gasteiger partial charge >= 0.3 is 29.8 Å². The van der Waals surface area contributed by atoms with E-state index in [-0.39, 0.29) is 29.8 Å². The molecule has 12 unspecified atom stereocenters. The molecule has 0 spiro atoms. The average molecular weight is 2110 g/mol. The van der Waals surface area contributed by atoms with Crippen LogP contribution in [0.1, 0.15) is 688 Å². The smallest absolute Gasteiger partial charge is 0.305 e. The lowest BCUT2D eigenvalue weighted by Crippen LogP contribution is -2.05. The molecule has 149 heavy (non-hydrogen) atoms. The highest BCUT2D eigenvalue weighted by atomic mass is 16.6. The number of hydrogen-bond acceptors (Lipinski definition) is 16. The van der Waals surface area contributed by atoms with Crippen LogP contribution in [-0.2, 0) is 76.1 Å². The van der Waals surface area contributed by atoms with Crippen LogP contribution in [0.25, 0.3) is 0 Å². The molecule has 0 aromatic carbocycles. The molecule has 6 heterocycles. The summed E-state index contributed by atoms with van der Waals surface area (Å²) in [7, 11) is 0. The maximum Gasteiger partial charge on any atom is 0.305 e. The summed E-state index contributed by atoms with van der Waals surface area (Å²) < 4.78 is 61.5. The summed E-state index contributed by atoms with van der Waals surface area (Å²) in [5.74, 6) is 4.02. The fraction of sp³-hybridized carbons (Fsp3) is 0.962. The van der Waals surface area contributed by atoms with Crippen LogP contribution in [0.3, 0.4) is 0 Å². The summed E-state index contributed by atoms with van der Waals surface area (Å²) in [6.07, 6.45) is 117. The second-order valence-corrected chi connectivity index (χ2v) is 49.1. The molecule has 0 bridgehead atoms. The molecule has 16 heteroatoms. The van der Waals surface area contributed by atoms with Crippen LogP contribution in [0.5, 0.6) is 0 Å². The minimum absolute atomic E-state index is 0.00102. The Balaban J connectivity index is 0.000000630. The van der Waals surface area contributed by atoms with Gasteiger partial charge in [0.15, 0.2) is 0 Å². The van der Waals surface area contributed by atoms with Crippen LogP contribution < -0.4 is 0 Å². The number of ether oxygens (including phenoxy) is 11. The molecule has 0 aromatic rings. The SMILES string of the molecule is CCC1OC1CC1OC1CC1OC1CCCCCCCC(=O)OCCCCCCC(C)C.CCCCCC1OC1CC1OC1CCCCCCCC(=O)OCCCCCCC(C)C.CCCCCCCCC1OC1CCCCCCCC(=O)OCCCCCCC(C)C.CCCCCCCCCCCCCCCC(=O)OCCCCCCC(C)C.CCCCCCCCCCCCCCCCCC(=O)OCCCCCCC(C)C. The molecule has 6 fully saturated rings. The summed E-state index contributed by atoms with van der Waals surface area (Å²) in [6.45, 7) is 37.1. The summed E-state index contributed by atoms with van der Waals surface area (Å²) >= 11 is 0. The van der Waals surface area contributed by atoms with E-state index in [2.05, 4.69) is 104 Å². The summed E-state index contributed by atoms with van der Waals surface area (Å²) in [4.78, 5) is 58.8. The molecule has 0 amide bonds. The number of unbranched alkanes of at least 4 members (excludes halogenated alkanes) is 60. The van der Waals surface area contributed by atoms with Crippen LogP contribution >= 0.6 is 0 Å². The van der Waals surface area contributed by atoms with Gasteiger partial charge in [-0.15, -0.1) is 0 Å². The van der Waals surface area contributed by atoms with Crippen LogP contribution in [0, 0.1) is 29.6 Å². The average Bonchev–Trinajstić information content (AvgIpc) is 1.63. The lowest BCUT2D eigenvalue weighted by Gasteiger charge is -2.06. The van der Waals surface area contributed by atoms with E-state index in [9.17, 15) is 24.0 Å². The van der Waals surface area contributed by atoms with Crippen molar-refractivity contribution in [3.63, 3.8) is 0 Å². The Hall–Kier alpha value is -2.89. The lowest BCUT2D eigenvalue weighted by molar-refractivity contribution is -0.144. The Morgan fingerprint density at radius 1 is 0.161 bits per heavy atom. The molecule has 12 atom stereocenters. The fourth-order valence-electron chi connectivity index (χ4n) is 21.1. The number of esters is 5. The zero-order chi connectivity index (χ0) is 108. The van der Waals surface area contributed by atoms with Gasteiger partial charge in [-0.3, -0.25) is 24.0 Å². The molecule has 0 saturated carbocycles. The molecule has 882 valence electrons. The first-order valence-corrected chi connectivity index (χ1v) is 66.3. The van der Waals surface area contributed by atoms with Crippen molar-refractivity contribution in [2.45, 2.75) is 761 Å². The van der Waals surface area contributed by atoms with Gasteiger partial charge in [-0.2, -0.15) is 0 Å². The number of carbonyl (C=O) groups excluding carboxylic acids is 5. The van der Waals surface area contributed by atoms with Crippen LogP contribution in [-0.4, -0.2) is 136 Å². The summed E-state index contributed by atoms with van der Waals surface area (Å²) in [5, 5.41) is 0. The van der Waals surface area contributed by atoms with Crippen LogP contribution in [0.15, 0.2) is 0 Å². The van der Waals surface area contributed by atoms with E-state index in [0.717, 1.165) is 139 Å². The third kappa shape index (κ3) is 100. The zero-order valence-electron chi connectivity index (χ0n) is 102. The highest BCUT2D eigenvalue weighted by molar-refractivity contribution is 5.70. The molecule has 6 aliphatic heterocycles. The van der Waals surface area contributed by atoms with Crippen LogP contribution in [0.2, 0.25) is 0 Å². The van der Waals surface area contributed by atoms with E-state index in [0.29, 0.717) is 138 Å². The minimum Gasteiger partial charge on any atom is -0.466 e. The van der Waals surface area contributed by atoms with E-state index < -0.39 is 0 Å². The molecular formula is C133H254O16. The Morgan fingerprint density at radius 3 is 0.490 bits per heavy atom. The lowest BCUT2D eigenvalue weighted by atomic mass is 10.0. The van der Waals surface area contributed by atoms with Crippen molar-refractivity contribution in [3.8, 4) is 0 Å². The fourth-order valence-corrected chi connectivity index (χ4v) is 21.1. The highest BCUT2D eigenvalue weighted by Crippen LogP contribution is 2.43. The van der Waals surface area contributed by atoms with Crippen molar-refractivity contribution in [1.29, 1.82) is 0 Å².